The summed E-state index contributed by atoms with van der Waals surface area (Å²) in [7, 11) is 0. The lowest BCUT2D eigenvalue weighted by molar-refractivity contribution is -0.137. The predicted molar refractivity (Wildman–Crippen MR) is 88.5 cm³/mol. The molecule has 0 unspecified atom stereocenters. The fourth-order valence-electron chi connectivity index (χ4n) is 2.75. The van der Waals surface area contributed by atoms with Crippen molar-refractivity contribution in [3.63, 3.8) is 0 Å². The molecule has 0 spiro atoms. The molecule has 1 aromatic heterocycles. The molecule has 0 aliphatic carbocycles. The Kier molecular flexibility index (Phi) is 4.20. The third kappa shape index (κ3) is 3.20. The van der Waals surface area contributed by atoms with Crippen molar-refractivity contribution in [2.75, 3.05) is 0 Å². The number of carbonyl (C=O) groups is 1. The number of hydrogen-bond acceptors (Lipinski definition) is 2. The molecule has 6 heteroatoms. The minimum atomic E-state index is -4.42. The highest BCUT2D eigenvalue weighted by Gasteiger charge is 2.30. The minimum Gasteiger partial charge on any atom is -0.478 e. The van der Waals surface area contributed by atoms with E-state index >= 15 is 0 Å². The van der Waals surface area contributed by atoms with Crippen LogP contribution in [0.25, 0.3) is 22.2 Å². The third-order valence-electron chi connectivity index (χ3n) is 4.04. The SMILES string of the molecule is CCc1cccc2c(C(=O)O)cc(-c3ccc(C(F)(F)F)cc3)nc12. The largest absolute Gasteiger partial charge is 0.478 e. The molecule has 128 valence electrons. The van der Waals surface area contributed by atoms with Crippen LogP contribution in [0.1, 0.15) is 28.4 Å². The van der Waals surface area contributed by atoms with Crippen molar-refractivity contribution in [3.8, 4) is 11.3 Å². The van der Waals surface area contributed by atoms with Gasteiger partial charge in [-0.2, -0.15) is 13.2 Å². The molecule has 1 heterocycles. The van der Waals surface area contributed by atoms with Crippen molar-refractivity contribution < 1.29 is 23.1 Å². The van der Waals surface area contributed by atoms with E-state index in [1.807, 2.05) is 13.0 Å². The highest BCUT2D eigenvalue weighted by atomic mass is 19.4. The molecule has 0 amide bonds. The monoisotopic (exact) mass is 345 g/mol. The van der Waals surface area contributed by atoms with Crippen molar-refractivity contribution in [1.82, 2.24) is 4.98 Å². The molecule has 3 aromatic rings. The second kappa shape index (κ2) is 6.20. The van der Waals surface area contributed by atoms with Crippen LogP contribution in [0.3, 0.4) is 0 Å². The maximum absolute atomic E-state index is 12.7. The molecule has 3 nitrogen and oxygen atoms in total. The number of benzene rings is 2. The molecule has 0 saturated carbocycles. The van der Waals surface area contributed by atoms with Crippen LogP contribution in [-0.4, -0.2) is 16.1 Å². The third-order valence-corrected chi connectivity index (χ3v) is 4.04. The molecule has 0 saturated heterocycles. The molecule has 2 aromatic carbocycles. The lowest BCUT2D eigenvalue weighted by Crippen LogP contribution is -2.04. The van der Waals surface area contributed by atoms with Gasteiger partial charge in [0.1, 0.15) is 0 Å². The quantitative estimate of drug-likeness (QED) is 0.711. The summed E-state index contributed by atoms with van der Waals surface area (Å²) in [5.41, 5.74) is 1.52. The maximum atomic E-state index is 12.7. The summed E-state index contributed by atoms with van der Waals surface area (Å²) in [6.45, 7) is 1.93. The van der Waals surface area contributed by atoms with E-state index in [0.29, 0.717) is 28.6 Å². The minimum absolute atomic E-state index is 0.0789. The standard InChI is InChI=1S/C19H14F3NO2/c1-2-11-4-3-5-14-15(18(24)25)10-16(23-17(11)14)12-6-8-13(9-7-12)19(20,21)22/h3-10H,2H2,1H3,(H,24,25). The molecule has 0 aliphatic heterocycles. The molecule has 0 atom stereocenters. The van der Waals surface area contributed by atoms with E-state index in [1.54, 1.807) is 12.1 Å². The second-order valence-corrected chi connectivity index (χ2v) is 5.60. The number of pyridine rings is 1. The number of aromatic carboxylic acids is 1. The number of hydrogen-bond donors (Lipinski definition) is 1. The smallest absolute Gasteiger partial charge is 0.416 e. The molecule has 25 heavy (non-hydrogen) atoms. The Labute approximate surface area is 141 Å². The molecule has 0 fully saturated rings. The summed E-state index contributed by atoms with van der Waals surface area (Å²) in [5.74, 6) is -1.10. The van der Waals surface area contributed by atoms with Gasteiger partial charge in [0.15, 0.2) is 0 Å². The summed E-state index contributed by atoms with van der Waals surface area (Å²) in [5, 5.41) is 10.0. The lowest BCUT2D eigenvalue weighted by Gasteiger charge is -2.11. The van der Waals surface area contributed by atoms with Gasteiger partial charge in [-0.25, -0.2) is 9.78 Å². The van der Waals surface area contributed by atoms with Gasteiger partial charge in [-0.3, -0.25) is 0 Å². The van der Waals surface area contributed by atoms with Gasteiger partial charge in [-0.1, -0.05) is 37.3 Å². The number of halogens is 3. The number of rotatable bonds is 3. The van der Waals surface area contributed by atoms with E-state index in [2.05, 4.69) is 4.98 Å². The summed E-state index contributed by atoms with van der Waals surface area (Å²) in [6.07, 6.45) is -3.75. The number of alkyl halides is 3. The number of carboxylic acid groups (broad SMARTS) is 1. The van der Waals surface area contributed by atoms with Crippen molar-refractivity contribution >= 4 is 16.9 Å². The lowest BCUT2D eigenvalue weighted by atomic mass is 10.00. The molecule has 0 aliphatic rings. The van der Waals surface area contributed by atoms with E-state index in [0.717, 1.165) is 17.7 Å². The second-order valence-electron chi connectivity index (χ2n) is 5.60. The van der Waals surface area contributed by atoms with Crippen LogP contribution >= 0.6 is 0 Å². The number of para-hydroxylation sites is 1. The van der Waals surface area contributed by atoms with Crippen LogP contribution in [0.4, 0.5) is 13.2 Å². The molecule has 3 rings (SSSR count). The first kappa shape index (κ1) is 17.0. The zero-order valence-electron chi connectivity index (χ0n) is 13.3. The van der Waals surface area contributed by atoms with Crippen LogP contribution < -0.4 is 0 Å². The summed E-state index contributed by atoms with van der Waals surface area (Å²) < 4.78 is 38.1. The Morgan fingerprint density at radius 2 is 1.80 bits per heavy atom. The fourth-order valence-corrected chi connectivity index (χ4v) is 2.75. The number of aryl methyl sites for hydroxylation is 1. The van der Waals surface area contributed by atoms with Gasteiger partial charge in [0.25, 0.3) is 0 Å². The first-order valence-corrected chi connectivity index (χ1v) is 7.65. The number of aromatic nitrogens is 1. The Morgan fingerprint density at radius 3 is 2.36 bits per heavy atom. The summed E-state index contributed by atoms with van der Waals surface area (Å²) in [6, 6.07) is 11.2. The molecular weight excluding hydrogens is 331 g/mol. The first-order chi connectivity index (χ1) is 11.8. The number of fused-ring (bicyclic) bond motifs is 1. The van der Waals surface area contributed by atoms with Gasteiger partial charge in [-0.15, -0.1) is 0 Å². The first-order valence-electron chi connectivity index (χ1n) is 7.65. The Bertz CT molecular complexity index is 947. The highest BCUT2D eigenvalue weighted by molar-refractivity contribution is 6.04. The van der Waals surface area contributed by atoms with E-state index in [1.165, 1.54) is 18.2 Å². The Morgan fingerprint density at radius 1 is 1.12 bits per heavy atom. The Hall–Kier alpha value is -2.89. The van der Waals surface area contributed by atoms with Gasteiger partial charge in [0.05, 0.1) is 22.3 Å². The molecule has 0 radical (unpaired) electrons. The average molecular weight is 345 g/mol. The van der Waals surface area contributed by atoms with E-state index < -0.39 is 17.7 Å². The average Bonchev–Trinajstić information content (AvgIpc) is 2.59. The number of carboxylic acids is 1. The van der Waals surface area contributed by atoms with Gasteiger partial charge in [0, 0.05) is 10.9 Å². The van der Waals surface area contributed by atoms with Crippen molar-refractivity contribution in [2.24, 2.45) is 0 Å². The van der Waals surface area contributed by atoms with Crippen molar-refractivity contribution in [1.29, 1.82) is 0 Å². The normalized spacial score (nSPS) is 11.7. The van der Waals surface area contributed by atoms with E-state index in [-0.39, 0.29) is 5.56 Å². The van der Waals surface area contributed by atoms with Gasteiger partial charge in [0.2, 0.25) is 0 Å². The molecule has 1 N–H and O–H groups in total. The van der Waals surface area contributed by atoms with Crippen LogP contribution in [0.15, 0.2) is 48.5 Å². The predicted octanol–water partition coefficient (Wildman–Crippen LogP) is 5.18. The topological polar surface area (TPSA) is 50.2 Å². The zero-order chi connectivity index (χ0) is 18.2. The zero-order valence-corrected chi connectivity index (χ0v) is 13.3. The summed E-state index contributed by atoms with van der Waals surface area (Å²) >= 11 is 0. The van der Waals surface area contributed by atoms with Gasteiger partial charge < -0.3 is 5.11 Å². The molecule has 0 bridgehead atoms. The van der Waals surface area contributed by atoms with E-state index in [4.69, 9.17) is 0 Å². The Balaban J connectivity index is 2.21. The van der Waals surface area contributed by atoms with Crippen LogP contribution in [0.5, 0.6) is 0 Å². The highest BCUT2D eigenvalue weighted by Crippen LogP contribution is 2.32. The van der Waals surface area contributed by atoms with Crippen LogP contribution in [0.2, 0.25) is 0 Å². The fraction of sp³-hybridized carbons (Fsp3) is 0.158. The van der Waals surface area contributed by atoms with Crippen LogP contribution in [0, 0.1) is 0 Å². The van der Waals surface area contributed by atoms with Gasteiger partial charge in [-0.05, 0) is 30.2 Å². The maximum Gasteiger partial charge on any atom is 0.416 e. The van der Waals surface area contributed by atoms with Crippen molar-refractivity contribution in [2.45, 2.75) is 19.5 Å². The molecular formula is C19H14F3NO2. The van der Waals surface area contributed by atoms with Crippen LogP contribution in [-0.2, 0) is 12.6 Å². The number of nitrogens with zero attached hydrogens (tertiary/aromatic N) is 1. The van der Waals surface area contributed by atoms with Crippen molar-refractivity contribution in [3.05, 3.63) is 65.2 Å². The van der Waals surface area contributed by atoms with E-state index in [9.17, 15) is 23.1 Å². The van der Waals surface area contributed by atoms with Gasteiger partial charge >= 0.3 is 12.1 Å². The summed E-state index contributed by atoms with van der Waals surface area (Å²) in [4.78, 5) is 16.1.